The second-order valence-electron chi connectivity index (χ2n) is 2.52. The van der Waals surface area contributed by atoms with E-state index < -0.39 is 10.0 Å². The fourth-order valence-electron chi connectivity index (χ4n) is 0.785. The van der Waals surface area contributed by atoms with Gasteiger partial charge in [-0.3, -0.25) is 4.72 Å². The van der Waals surface area contributed by atoms with E-state index in [4.69, 9.17) is 0 Å². The highest BCUT2D eigenvalue weighted by Gasteiger charge is 2.11. The standard InChI is InChI=1S/C6H12N4O2S2/c1-2-7-3-4-14(11,12)10-6-9-8-5-13-6/h5,7H,2-4H2,1H3,(H,9,10). The van der Waals surface area contributed by atoms with Gasteiger partial charge in [0.15, 0.2) is 0 Å². The van der Waals surface area contributed by atoms with Crippen LogP contribution in [0.4, 0.5) is 5.13 Å². The summed E-state index contributed by atoms with van der Waals surface area (Å²) in [4.78, 5) is 0. The van der Waals surface area contributed by atoms with Gasteiger partial charge < -0.3 is 5.32 Å². The van der Waals surface area contributed by atoms with Crippen LogP contribution in [-0.2, 0) is 10.0 Å². The summed E-state index contributed by atoms with van der Waals surface area (Å²) >= 11 is 1.16. The Hall–Kier alpha value is -0.730. The predicted octanol–water partition coefficient (Wildman–Crippen LogP) is -0.111. The first-order valence-corrected chi connectivity index (χ1v) is 6.64. The van der Waals surface area contributed by atoms with Crippen LogP contribution in [-0.4, -0.2) is 37.5 Å². The van der Waals surface area contributed by atoms with Crippen molar-refractivity contribution in [2.24, 2.45) is 0 Å². The average Bonchev–Trinajstić information content (AvgIpc) is 2.56. The number of sulfonamides is 1. The van der Waals surface area contributed by atoms with Gasteiger partial charge in [0, 0.05) is 6.54 Å². The minimum atomic E-state index is -3.28. The normalized spacial score (nSPS) is 11.5. The predicted molar refractivity (Wildman–Crippen MR) is 55.9 cm³/mol. The Morgan fingerprint density at radius 1 is 1.57 bits per heavy atom. The maximum atomic E-state index is 11.4. The van der Waals surface area contributed by atoms with Gasteiger partial charge in [0.1, 0.15) is 5.51 Å². The highest BCUT2D eigenvalue weighted by atomic mass is 32.2. The molecule has 1 heterocycles. The van der Waals surface area contributed by atoms with Crippen LogP contribution in [0.15, 0.2) is 5.51 Å². The van der Waals surface area contributed by atoms with Gasteiger partial charge in [-0.1, -0.05) is 18.3 Å². The van der Waals surface area contributed by atoms with E-state index in [0.29, 0.717) is 11.7 Å². The molecule has 6 nitrogen and oxygen atoms in total. The van der Waals surface area contributed by atoms with Gasteiger partial charge in [-0.15, -0.1) is 10.2 Å². The number of hydrogen-bond acceptors (Lipinski definition) is 6. The molecular weight excluding hydrogens is 224 g/mol. The molecule has 0 amide bonds. The third-order valence-electron chi connectivity index (χ3n) is 1.40. The van der Waals surface area contributed by atoms with E-state index in [1.165, 1.54) is 5.51 Å². The zero-order valence-corrected chi connectivity index (χ0v) is 9.36. The second-order valence-corrected chi connectivity index (χ2v) is 5.19. The van der Waals surface area contributed by atoms with Crippen molar-refractivity contribution >= 4 is 26.5 Å². The molecule has 0 bridgehead atoms. The van der Waals surface area contributed by atoms with Crippen LogP contribution >= 0.6 is 11.3 Å². The molecule has 0 spiro atoms. The summed E-state index contributed by atoms with van der Waals surface area (Å²) in [5, 5.41) is 10.4. The first kappa shape index (κ1) is 11.3. The summed E-state index contributed by atoms with van der Waals surface area (Å²) in [5.41, 5.74) is 1.47. The molecule has 0 saturated carbocycles. The van der Waals surface area contributed by atoms with Crippen molar-refractivity contribution in [3.8, 4) is 0 Å². The molecule has 80 valence electrons. The zero-order valence-electron chi connectivity index (χ0n) is 7.73. The van der Waals surface area contributed by atoms with Crippen LogP contribution in [0.5, 0.6) is 0 Å². The second kappa shape index (κ2) is 5.23. The van der Waals surface area contributed by atoms with Crippen molar-refractivity contribution in [3.05, 3.63) is 5.51 Å². The van der Waals surface area contributed by atoms with Gasteiger partial charge in [-0.05, 0) is 6.54 Å². The summed E-state index contributed by atoms with van der Waals surface area (Å²) < 4.78 is 25.1. The molecule has 0 aliphatic rings. The first-order valence-electron chi connectivity index (χ1n) is 4.11. The molecule has 1 aromatic rings. The highest BCUT2D eigenvalue weighted by molar-refractivity contribution is 7.92. The van der Waals surface area contributed by atoms with Gasteiger partial charge in [0.2, 0.25) is 15.2 Å². The third kappa shape index (κ3) is 3.99. The monoisotopic (exact) mass is 236 g/mol. The van der Waals surface area contributed by atoms with Crippen LogP contribution in [0, 0.1) is 0 Å². The maximum Gasteiger partial charge on any atom is 0.235 e. The van der Waals surface area contributed by atoms with E-state index in [1.54, 1.807) is 0 Å². The summed E-state index contributed by atoms with van der Waals surface area (Å²) in [7, 11) is -3.28. The Morgan fingerprint density at radius 2 is 2.36 bits per heavy atom. The fraction of sp³-hybridized carbons (Fsp3) is 0.667. The molecule has 0 saturated heterocycles. The van der Waals surface area contributed by atoms with Crippen molar-refractivity contribution in [2.75, 3.05) is 23.6 Å². The lowest BCUT2D eigenvalue weighted by Gasteiger charge is -2.04. The average molecular weight is 236 g/mol. The van der Waals surface area contributed by atoms with E-state index in [2.05, 4.69) is 20.2 Å². The lowest BCUT2D eigenvalue weighted by atomic mass is 10.7. The Morgan fingerprint density at radius 3 is 2.93 bits per heavy atom. The quantitative estimate of drug-likeness (QED) is 0.673. The van der Waals surface area contributed by atoms with Gasteiger partial charge in [-0.25, -0.2) is 8.42 Å². The largest absolute Gasteiger partial charge is 0.316 e. The van der Waals surface area contributed by atoms with E-state index in [-0.39, 0.29) is 5.75 Å². The summed E-state index contributed by atoms with van der Waals surface area (Å²) in [6, 6.07) is 0. The number of anilines is 1. The molecule has 0 aliphatic heterocycles. The molecule has 14 heavy (non-hydrogen) atoms. The van der Waals surface area contributed by atoms with E-state index >= 15 is 0 Å². The van der Waals surface area contributed by atoms with Crippen molar-refractivity contribution in [1.82, 2.24) is 15.5 Å². The van der Waals surface area contributed by atoms with Crippen LogP contribution in [0.25, 0.3) is 0 Å². The molecule has 0 aromatic carbocycles. The molecule has 0 aliphatic carbocycles. The molecule has 1 aromatic heterocycles. The van der Waals surface area contributed by atoms with Crippen LogP contribution < -0.4 is 10.0 Å². The van der Waals surface area contributed by atoms with E-state index in [9.17, 15) is 8.42 Å². The lowest BCUT2D eigenvalue weighted by molar-refractivity contribution is 0.597. The Bertz CT molecular complexity index is 348. The minimum Gasteiger partial charge on any atom is -0.316 e. The SMILES string of the molecule is CCNCCS(=O)(=O)Nc1nncs1. The molecule has 0 unspecified atom stereocenters. The lowest BCUT2D eigenvalue weighted by Crippen LogP contribution is -2.26. The first-order chi connectivity index (χ1) is 6.64. The fourth-order valence-corrected chi connectivity index (χ4v) is 2.47. The molecule has 0 atom stereocenters. The Balaban J connectivity index is 2.42. The molecule has 1 rings (SSSR count). The summed E-state index contributed by atoms with van der Waals surface area (Å²) in [6.45, 7) is 3.11. The van der Waals surface area contributed by atoms with Gasteiger partial charge >= 0.3 is 0 Å². The molecule has 0 fully saturated rings. The topological polar surface area (TPSA) is 84.0 Å². The maximum absolute atomic E-state index is 11.4. The van der Waals surface area contributed by atoms with E-state index in [0.717, 1.165) is 17.9 Å². The Labute approximate surface area is 86.8 Å². The number of rotatable bonds is 6. The molecule has 2 N–H and O–H groups in total. The summed E-state index contributed by atoms with van der Waals surface area (Å²) in [5.74, 6) is 0.0421. The van der Waals surface area contributed by atoms with Crippen molar-refractivity contribution in [1.29, 1.82) is 0 Å². The zero-order chi connectivity index (χ0) is 10.4. The smallest absolute Gasteiger partial charge is 0.235 e. The van der Waals surface area contributed by atoms with Crippen molar-refractivity contribution < 1.29 is 8.42 Å². The van der Waals surface area contributed by atoms with Crippen LogP contribution in [0.3, 0.4) is 0 Å². The molecular formula is C6H12N4O2S2. The van der Waals surface area contributed by atoms with Gasteiger partial charge in [0.25, 0.3) is 0 Å². The van der Waals surface area contributed by atoms with Crippen LogP contribution in [0.2, 0.25) is 0 Å². The van der Waals surface area contributed by atoms with E-state index in [1.807, 2.05) is 6.92 Å². The van der Waals surface area contributed by atoms with Gasteiger partial charge in [-0.2, -0.15) is 0 Å². The summed E-state index contributed by atoms with van der Waals surface area (Å²) in [6.07, 6.45) is 0. The van der Waals surface area contributed by atoms with Crippen LogP contribution in [0.1, 0.15) is 6.92 Å². The minimum absolute atomic E-state index is 0.0421. The van der Waals surface area contributed by atoms with Gasteiger partial charge in [0.05, 0.1) is 5.75 Å². The highest BCUT2D eigenvalue weighted by Crippen LogP contribution is 2.09. The Kier molecular flexibility index (Phi) is 4.23. The molecule has 0 radical (unpaired) electrons. The third-order valence-corrected chi connectivity index (χ3v) is 3.38. The number of hydrogen-bond donors (Lipinski definition) is 2. The number of aromatic nitrogens is 2. The number of nitrogens with zero attached hydrogens (tertiary/aromatic N) is 2. The van der Waals surface area contributed by atoms with Crippen molar-refractivity contribution in [2.45, 2.75) is 6.92 Å². The number of nitrogens with one attached hydrogen (secondary N) is 2. The van der Waals surface area contributed by atoms with Crippen molar-refractivity contribution in [3.63, 3.8) is 0 Å². The molecule has 8 heteroatoms.